The number of rotatable bonds is 3. The van der Waals surface area contributed by atoms with E-state index in [2.05, 4.69) is 9.38 Å². The van der Waals surface area contributed by atoms with Gasteiger partial charge in [-0.2, -0.15) is 0 Å². The van der Waals surface area contributed by atoms with E-state index >= 15 is 0 Å². The van der Waals surface area contributed by atoms with E-state index < -0.39 is 16.1 Å². The molecule has 1 atom stereocenters. The summed E-state index contributed by atoms with van der Waals surface area (Å²) in [5.74, 6) is 0.580. The van der Waals surface area contributed by atoms with E-state index in [9.17, 15) is 4.55 Å². The molecule has 1 heterocycles. The van der Waals surface area contributed by atoms with Gasteiger partial charge in [0.2, 0.25) is 0 Å². The number of aromatic nitrogens is 1. The van der Waals surface area contributed by atoms with Gasteiger partial charge in [0.25, 0.3) is 0 Å². The minimum Gasteiger partial charge on any atom is -0.591 e. The molecule has 0 aliphatic heterocycles. The highest BCUT2D eigenvalue weighted by Gasteiger charge is 2.26. The standard InChI is InChI=1S/C14H15ClN2O2S/c1-14(2,3)20(18)17-8-12-13(19-9-16-12)10-4-6-11(15)7-5-10/h4-9H,1-3H3. The maximum Gasteiger partial charge on any atom is 0.182 e. The number of hydrogen-bond acceptors (Lipinski definition) is 4. The van der Waals surface area contributed by atoms with Crippen LogP contribution in [0.1, 0.15) is 26.5 Å². The van der Waals surface area contributed by atoms with Crippen LogP contribution in [0.3, 0.4) is 0 Å². The third kappa shape index (κ3) is 3.62. The molecule has 1 unspecified atom stereocenters. The molecule has 0 amide bonds. The van der Waals surface area contributed by atoms with Crippen molar-refractivity contribution < 1.29 is 8.97 Å². The molecule has 0 aliphatic carbocycles. The van der Waals surface area contributed by atoms with Crippen LogP contribution < -0.4 is 0 Å². The van der Waals surface area contributed by atoms with Crippen molar-refractivity contribution >= 4 is 29.2 Å². The van der Waals surface area contributed by atoms with Crippen molar-refractivity contribution in [3.05, 3.63) is 41.4 Å². The van der Waals surface area contributed by atoms with E-state index in [1.165, 1.54) is 12.6 Å². The molecule has 20 heavy (non-hydrogen) atoms. The van der Waals surface area contributed by atoms with Gasteiger partial charge >= 0.3 is 0 Å². The van der Waals surface area contributed by atoms with E-state index in [1.54, 1.807) is 12.1 Å². The molecule has 106 valence electrons. The fraction of sp³-hybridized carbons (Fsp3) is 0.286. The zero-order valence-electron chi connectivity index (χ0n) is 11.5. The van der Waals surface area contributed by atoms with Crippen LogP contribution in [0.4, 0.5) is 0 Å². The second kappa shape index (κ2) is 5.99. The maximum atomic E-state index is 11.9. The Labute approximate surface area is 126 Å². The SMILES string of the molecule is CC(C)(C)[S+]([O-])N=Cc1ncoc1-c1ccc(Cl)cc1. The second-order valence-electron chi connectivity index (χ2n) is 5.17. The first-order chi connectivity index (χ1) is 9.38. The Hall–Kier alpha value is -1.30. The van der Waals surface area contributed by atoms with Gasteiger partial charge in [0.1, 0.15) is 28.0 Å². The molecule has 0 spiro atoms. The fourth-order valence-electron chi connectivity index (χ4n) is 1.42. The van der Waals surface area contributed by atoms with Gasteiger partial charge in [-0.15, -0.1) is 0 Å². The Morgan fingerprint density at radius 2 is 1.95 bits per heavy atom. The van der Waals surface area contributed by atoms with Crippen molar-refractivity contribution in [1.29, 1.82) is 0 Å². The van der Waals surface area contributed by atoms with Crippen molar-refractivity contribution in [3.63, 3.8) is 0 Å². The van der Waals surface area contributed by atoms with Crippen LogP contribution in [-0.4, -0.2) is 20.5 Å². The predicted molar refractivity (Wildman–Crippen MR) is 82.4 cm³/mol. The third-order valence-corrected chi connectivity index (χ3v) is 4.09. The average molecular weight is 311 g/mol. The van der Waals surface area contributed by atoms with Crippen LogP contribution in [0.2, 0.25) is 5.02 Å². The van der Waals surface area contributed by atoms with Crippen molar-refractivity contribution in [2.45, 2.75) is 25.5 Å². The summed E-state index contributed by atoms with van der Waals surface area (Å²) in [6.45, 7) is 5.59. The predicted octanol–water partition coefficient (Wildman–Crippen LogP) is 3.88. The summed E-state index contributed by atoms with van der Waals surface area (Å²) in [7, 11) is 0. The molecule has 0 N–H and O–H groups in total. The highest BCUT2D eigenvalue weighted by Crippen LogP contribution is 2.24. The topological polar surface area (TPSA) is 61.5 Å². The van der Waals surface area contributed by atoms with Gasteiger partial charge in [-0.3, -0.25) is 0 Å². The Kier molecular flexibility index (Phi) is 4.52. The molecular weight excluding hydrogens is 296 g/mol. The van der Waals surface area contributed by atoms with Crippen molar-refractivity contribution in [2.24, 2.45) is 4.40 Å². The Bertz CT molecular complexity index is 602. The summed E-state index contributed by atoms with van der Waals surface area (Å²) in [5, 5.41) is 0.650. The Morgan fingerprint density at radius 1 is 1.30 bits per heavy atom. The average Bonchev–Trinajstić information content (AvgIpc) is 2.84. The number of benzene rings is 1. The molecule has 0 fully saturated rings. The van der Waals surface area contributed by atoms with Crippen LogP contribution >= 0.6 is 11.6 Å². The Morgan fingerprint density at radius 3 is 2.55 bits per heavy atom. The fourth-order valence-corrected chi connectivity index (χ4v) is 2.06. The van der Waals surface area contributed by atoms with Gasteiger partial charge in [0.15, 0.2) is 12.2 Å². The van der Waals surface area contributed by atoms with Crippen LogP contribution in [0.15, 0.2) is 39.5 Å². The summed E-state index contributed by atoms with van der Waals surface area (Å²) in [5.41, 5.74) is 1.39. The molecule has 2 aromatic rings. The second-order valence-corrected chi connectivity index (χ2v) is 7.54. The maximum absolute atomic E-state index is 11.9. The van der Waals surface area contributed by atoms with Gasteiger partial charge in [-0.05, 0) is 45.0 Å². The molecule has 1 aromatic carbocycles. The lowest BCUT2D eigenvalue weighted by molar-refractivity contribution is 0.562. The molecule has 2 rings (SSSR count). The summed E-state index contributed by atoms with van der Waals surface area (Å²) in [6, 6.07) is 7.21. The van der Waals surface area contributed by atoms with Gasteiger partial charge < -0.3 is 8.97 Å². The van der Waals surface area contributed by atoms with E-state index in [-0.39, 0.29) is 0 Å². The molecule has 0 bridgehead atoms. The quantitative estimate of drug-likeness (QED) is 0.638. The van der Waals surface area contributed by atoms with Gasteiger partial charge in [-0.1, -0.05) is 16.0 Å². The van der Waals surface area contributed by atoms with Crippen LogP contribution in [0.25, 0.3) is 11.3 Å². The Balaban J connectivity index is 2.25. The van der Waals surface area contributed by atoms with Crippen LogP contribution in [-0.2, 0) is 11.4 Å². The van der Waals surface area contributed by atoms with E-state index in [1.807, 2.05) is 32.9 Å². The summed E-state index contributed by atoms with van der Waals surface area (Å²) in [4.78, 5) is 4.09. The monoisotopic (exact) mass is 310 g/mol. The van der Waals surface area contributed by atoms with E-state index in [4.69, 9.17) is 16.0 Å². The number of halogens is 1. The molecule has 4 nitrogen and oxygen atoms in total. The van der Waals surface area contributed by atoms with Gasteiger partial charge in [0, 0.05) is 10.6 Å². The first kappa shape index (κ1) is 15.1. The molecule has 6 heteroatoms. The third-order valence-electron chi connectivity index (χ3n) is 2.50. The summed E-state index contributed by atoms with van der Waals surface area (Å²) < 4.78 is 20.9. The molecule has 0 aliphatic rings. The van der Waals surface area contributed by atoms with E-state index in [0.717, 1.165) is 5.56 Å². The zero-order valence-corrected chi connectivity index (χ0v) is 13.0. The smallest absolute Gasteiger partial charge is 0.182 e. The zero-order chi connectivity index (χ0) is 14.8. The van der Waals surface area contributed by atoms with Crippen LogP contribution in [0.5, 0.6) is 0 Å². The molecular formula is C14H15ClN2O2S. The lowest BCUT2D eigenvalue weighted by Gasteiger charge is -2.17. The van der Waals surface area contributed by atoms with Crippen molar-refractivity contribution in [2.75, 3.05) is 0 Å². The minimum atomic E-state index is -1.32. The highest BCUT2D eigenvalue weighted by atomic mass is 35.5. The molecule has 0 radical (unpaired) electrons. The number of oxazole rings is 1. The minimum absolute atomic E-state index is 0.402. The highest BCUT2D eigenvalue weighted by molar-refractivity contribution is 7.91. The lowest BCUT2D eigenvalue weighted by Crippen LogP contribution is -2.25. The van der Waals surface area contributed by atoms with Crippen molar-refractivity contribution in [1.82, 2.24) is 4.98 Å². The molecule has 0 saturated carbocycles. The first-order valence-corrected chi connectivity index (χ1v) is 7.52. The lowest BCUT2D eigenvalue weighted by atomic mass is 10.1. The van der Waals surface area contributed by atoms with Gasteiger partial charge in [-0.25, -0.2) is 4.98 Å². The van der Waals surface area contributed by atoms with Crippen LogP contribution in [0, 0.1) is 0 Å². The molecule has 0 saturated heterocycles. The number of hydrogen-bond donors (Lipinski definition) is 0. The van der Waals surface area contributed by atoms with Crippen molar-refractivity contribution in [3.8, 4) is 11.3 Å². The first-order valence-electron chi connectivity index (χ1n) is 6.03. The van der Waals surface area contributed by atoms with Gasteiger partial charge in [0.05, 0.1) is 0 Å². The normalized spacial score (nSPS) is 13.8. The molecule has 1 aromatic heterocycles. The summed E-state index contributed by atoms with van der Waals surface area (Å²) >= 11 is 4.53. The van der Waals surface area contributed by atoms with E-state index in [0.29, 0.717) is 16.5 Å². The number of nitrogens with zero attached hydrogens (tertiary/aromatic N) is 2. The summed E-state index contributed by atoms with van der Waals surface area (Å²) in [6.07, 6.45) is 2.82. The largest absolute Gasteiger partial charge is 0.591 e.